The summed E-state index contributed by atoms with van der Waals surface area (Å²) in [6.45, 7) is 0.809. The lowest BCUT2D eigenvalue weighted by Crippen LogP contribution is -2.36. The molecular weight excluding hydrogens is 306 g/mol. The monoisotopic (exact) mass is 329 g/mol. The molecule has 128 valence electrons. The number of hydrogen-bond donors (Lipinski definition) is 1. The Bertz CT molecular complexity index is 674. The minimum atomic E-state index is -0.420. The number of rotatable bonds is 8. The highest BCUT2D eigenvalue weighted by Gasteiger charge is 2.18. The molecule has 1 atom stereocenters. The molecule has 0 aliphatic carbocycles. The van der Waals surface area contributed by atoms with Crippen molar-refractivity contribution >= 4 is 5.69 Å². The summed E-state index contributed by atoms with van der Waals surface area (Å²) in [6.07, 6.45) is 0.711. The molecule has 2 N–H and O–H groups in total. The van der Waals surface area contributed by atoms with E-state index >= 15 is 0 Å². The van der Waals surface area contributed by atoms with Crippen molar-refractivity contribution in [3.05, 3.63) is 69.8 Å². The first-order chi connectivity index (χ1) is 11.5. The Morgan fingerprint density at radius 3 is 2.46 bits per heavy atom. The molecule has 0 heterocycles. The Morgan fingerprint density at radius 1 is 1.17 bits per heavy atom. The van der Waals surface area contributed by atoms with E-state index in [1.165, 1.54) is 6.07 Å². The second-order valence-electron chi connectivity index (χ2n) is 5.89. The van der Waals surface area contributed by atoms with Crippen molar-refractivity contribution in [3.8, 4) is 5.75 Å². The van der Waals surface area contributed by atoms with E-state index in [-0.39, 0.29) is 17.5 Å². The molecule has 2 rings (SSSR count). The number of nitro groups is 1. The molecule has 0 spiro atoms. The second-order valence-corrected chi connectivity index (χ2v) is 5.89. The van der Waals surface area contributed by atoms with Gasteiger partial charge in [-0.3, -0.25) is 10.1 Å². The van der Waals surface area contributed by atoms with Crippen molar-refractivity contribution in [2.24, 2.45) is 5.73 Å². The van der Waals surface area contributed by atoms with Crippen molar-refractivity contribution in [1.82, 2.24) is 4.90 Å². The van der Waals surface area contributed by atoms with Crippen LogP contribution in [0, 0.1) is 10.1 Å². The first-order valence-electron chi connectivity index (χ1n) is 7.81. The molecule has 2 aromatic carbocycles. The fourth-order valence-corrected chi connectivity index (χ4v) is 2.44. The standard InChI is InChI=1S/C18H23N3O3/c1-20(2)16(12-19)10-15-8-9-17(21(22)23)18(11-15)24-13-14-6-4-3-5-7-14/h3-9,11,16H,10,12-13,19H2,1-2H3. The first-order valence-corrected chi connectivity index (χ1v) is 7.81. The number of hydrogen-bond acceptors (Lipinski definition) is 5. The van der Waals surface area contributed by atoms with Crippen molar-refractivity contribution in [2.45, 2.75) is 19.1 Å². The summed E-state index contributed by atoms with van der Waals surface area (Å²) >= 11 is 0. The highest BCUT2D eigenvalue weighted by molar-refractivity contribution is 5.48. The molecule has 0 saturated carbocycles. The topological polar surface area (TPSA) is 81.6 Å². The third-order valence-corrected chi connectivity index (χ3v) is 3.93. The van der Waals surface area contributed by atoms with Gasteiger partial charge in [-0.25, -0.2) is 0 Å². The predicted octanol–water partition coefficient (Wildman–Crippen LogP) is 2.61. The van der Waals surface area contributed by atoms with Gasteiger partial charge in [-0.15, -0.1) is 0 Å². The maximum Gasteiger partial charge on any atom is 0.310 e. The largest absolute Gasteiger partial charge is 0.482 e. The fraction of sp³-hybridized carbons (Fsp3) is 0.333. The van der Waals surface area contributed by atoms with Gasteiger partial charge in [0.2, 0.25) is 0 Å². The van der Waals surface area contributed by atoms with Gasteiger partial charge >= 0.3 is 5.69 Å². The molecule has 6 nitrogen and oxygen atoms in total. The number of likely N-dealkylation sites (N-methyl/N-ethyl adjacent to an activating group) is 1. The van der Waals surface area contributed by atoms with Gasteiger partial charge in [0.1, 0.15) is 6.61 Å². The van der Waals surface area contributed by atoms with E-state index in [1.807, 2.05) is 49.3 Å². The summed E-state index contributed by atoms with van der Waals surface area (Å²) in [5.41, 5.74) is 7.70. The number of ether oxygens (including phenoxy) is 1. The maximum atomic E-state index is 11.2. The van der Waals surface area contributed by atoms with Crippen LogP contribution in [0.5, 0.6) is 5.75 Å². The summed E-state index contributed by atoms with van der Waals surface area (Å²) in [5.74, 6) is 0.288. The molecule has 24 heavy (non-hydrogen) atoms. The minimum absolute atomic E-state index is 0.0242. The molecule has 0 aromatic heterocycles. The third-order valence-electron chi connectivity index (χ3n) is 3.93. The molecule has 0 fully saturated rings. The quantitative estimate of drug-likeness (QED) is 0.595. The summed E-state index contributed by atoms with van der Waals surface area (Å²) in [5, 5.41) is 11.2. The number of nitrogens with zero attached hydrogens (tertiary/aromatic N) is 2. The lowest BCUT2D eigenvalue weighted by atomic mass is 10.0. The Kier molecular flexibility index (Phi) is 6.28. The van der Waals surface area contributed by atoms with Crippen molar-refractivity contribution in [3.63, 3.8) is 0 Å². The van der Waals surface area contributed by atoms with Crippen LogP contribution >= 0.6 is 0 Å². The smallest absolute Gasteiger partial charge is 0.310 e. The Labute approximate surface area is 142 Å². The molecule has 0 bridgehead atoms. The van der Waals surface area contributed by atoms with Crippen LogP contribution in [-0.4, -0.2) is 36.5 Å². The second kappa shape index (κ2) is 8.42. The van der Waals surface area contributed by atoms with E-state index in [4.69, 9.17) is 10.5 Å². The van der Waals surface area contributed by atoms with Gasteiger partial charge in [-0.2, -0.15) is 0 Å². The third kappa shape index (κ3) is 4.78. The molecule has 0 aliphatic heterocycles. The van der Waals surface area contributed by atoms with E-state index in [9.17, 15) is 10.1 Å². The van der Waals surface area contributed by atoms with Crippen molar-refractivity contribution < 1.29 is 9.66 Å². The SMILES string of the molecule is CN(C)C(CN)Cc1ccc([N+](=O)[O-])c(OCc2ccccc2)c1. The number of nitro benzene ring substituents is 1. The van der Waals surface area contributed by atoms with E-state index in [0.717, 1.165) is 11.1 Å². The van der Waals surface area contributed by atoms with Gasteiger partial charge in [0.05, 0.1) is 4.92 Å². The number of benzene rings is 2. The molecule has 0 radical (unpaired) electrons. The van der Waals surface area contributed by atoms with E-state index in [2.05, 4.69) is 0 Å². The van der Waals surface area contributed by atoms with Crippen LogP contribution in [-0.2, 0) is 13.0 Å². The molecular formula is C18H23N3O3. The molecule has 6 heteroatoms. The highest BCUT2D eigenvalue weighted by atomic mass is 16.6. The van der Waals surface area contributed by atoms with Gasteiger partial charge < -0.3 is 15.4 Å². The molecule has 0 amide bonds. The zero-order valence-corrected chi connectivity index (χ0v) is 14.0. The van der Waals surface area contributed by atoms with Crippen LogP contribution in [0.25, 0.3) is 0 Å². The average molecular weight is 329 g/mol. The lowest BCUT2D eigenvalue weighted by molar-refractivity contribution is -0.386. The van der Waals surface area contributed by atoms with Crippen LogP contribution in [0.1, 0.15) is 11.1 Å². The summed E-state index contributed by atoms with van der Waals surface area (Å²) in [7, 11) is 3.94. The Balaban J connectivity index is 2.19. The molecule has 0 saturated heterocycles. The van der Waals surface area contributed by atoms with Gasteiger partial charge in [-0.05, 0) is 37.7 Å². The molecule has 0 aliphatic rings. The normalized spacial score (nSPS) is 12.2. The Morgan fingerprint density at radius 2 is 1.88 bits per heavy atom. The van der Waals surface area contributed by atoms with Gasteiger partial charge in [-0.1, -0.05) is 36.4 Å². The van der Waals surface area contributed by atoms with Crippen LogP contribution in [0.4, 0.5) is 5.69 Å². The minimum Gasteiger partial charge on any atom is -0.482 e. The van der Waals surface area contributed by atoms with Crippen LogP contribution in [0.2, 0.25) is 0 Å². The van der Waals surface area contributed by atoms with Crippen molar-refractivity contribution in [1.29, 1.82) is 0 Å². The highest BCUT2D eigenvalue weighted by Crippen LogP contribution is 2.29. The number of nitrogens with two attached hydrogens (primary N) is 1. The fourth-order valence-electron chi connectivity index (χ4n) is 2.44. The maximum absolute atomic E-state index is 11.2. The van der Waals surface area contributed by atoms with Crippen molar-refractivity contribution in [2.75, 3.05) is 20.6 Å². The predicted molar refractivity (Wildman–Crippen MR) is 94.1 cm³/mol. The molecule has 2 aromatic rings. The van der Waals surface area contributed by atoms with E-state index in [1.54, 1.807) is 12.1 Å². The van der Waals surface area contributed by atoms with Gasteiger partial charge in [0.25, 0.3) is 0 Å². The first kappa shape index (κ1) is 17.9. The van der Waals surface area contributed by atoms with Gasteiger partial charge in [0, 0.05) is 18.7 Å². The van der Waals surface area contributed by atoms with Crippen LogP contribution in [0.3, 0.4) is 0 Å². The summed E-state index contributed by atoms with van der Waals surface area (Å²) in [4.78, 5) is 12.9. The van der Waals surface area contributed by atoms with E-state index in [0.29, 0.717) is 19.6 Å². The molecule has 1 unspecified atom stereocenters. The van der Waals surface area contributed by atoms with E-state index < -0.39 is 4.92 Å². The summed E-state index contributed by atoms with van der Waals surface area (Å²) in [6, 6.07) is 14.8. The van der Waals surface area contributed by atoms with Crippen LogP contribution < -0.4 is 10.5 Å². The zero-order chi connectivity index (χ0) is 17.5. The average Bonchev–Trinajstić information content (AvgIpc) is 2.58. The summed E-state index contributed by atoms with van der Waals surface area (Å²) < 4.78 is 5.71. The lowest BCUT2D eigenvalue weighted by Gasteiger charge is -2.22. The van der Waals surface area contributed by atoms with Gasteiger partial charge in [0.15, 0.2) is 5.75 Å². The Hall–Kier alpha value is -2.44. The van der Waals surface area contributed by atoms with Crippen LogP contribution in [0.15, 0.2) is 48.5 Å². The zero-order valence-electron chi connectivity index (χ0n) is 14.0.